The van der Waals surface area contributed by atoms with Crippen molar-refractivity contribution in [2.75, 3.05) is 4.90 Å². The predicted molar refractivity (Wildman–Crippen MR) is 76.2 cm³/mol. The van der Waals surface area contributed by atoms with Crippen LogP contribution in [0.15, 0.2) is 18.2 Å². The molecule has 0 fully saturated rings. The lowest BCUT2D eigenvalue weighted by molar-refractivity contribution is -0.141. The Morgan fingerprint density at radius 3 is 2.57 bits per heavy atom. The van der Waals surface area contributed by atoms with Crippen LogP contribution in [0.1, 0.15) is 26.3 Å². The number of carbonyl (C=O) groups is 2. The van der Waals surface area contributed by atoms with Crippen molar-refractivity contribution in [3.63, 3.8) is 0 Å². The number of hydrogen-bond acceptors (Lipinski definition) is 4. The fraction of sp³-hybridized carbons (Fsp3) is 0.467. The SMILES string of the molecule is CC(C)C1Oc2ccc(CO)cc2N(C(C)C(=O)O)C1=O. The Morgan fingerprint density at radius 1 is 1.38 bits per heavy atom. The molecule has 2 atom stereocenters. The maximum Gasteiger partial charge on any atom is 0.326 e. The molecule has 0 aromatic heterocycles. The molecule has 1 heterocycles. The van der Waals surface area contributed by atoms with E-state index in [1.165, 1.54) is 11.8 Å². The molecule has 0 saturated carbocycles. The monoisotopic (exact) mass is 293 g/mol. The zero-order chi connectivity index (χ0) is 15.7. The molecular formula is C15H19NO5. The van der Waals surface area contributed by atoms with Crippen molar-refractivity contribution in [2.24, 2.45) is 5.92 Å². The minimum absolute atomic E-state index is 0.0772. The van der Waals surface area contributed by atoms with E-state index in [1.807, 2.05) is 13.8 Å². The van der Waals surface area contributed by atoms with Crippen molar-refractivity contribution in [1.29, 1.82) is 0 Å². The summed E-state index contributed by atoms with van der Waals surface area (Å²) in [5, 5.41) is 18.5. The van der Waals surface area contributed by atoms with Crippen molar-refractivity contribution in [2.45, 2.75) is 39.5 Å². The highest BCUT2D eigenvalue weighted by Crippen LogP contribution is 2.37. The van der Waals surface area contributed by atoms with Gasteiger partial charge in [0.1, 0.15) is 11.8 Å². The molecule has 1 aromatic rings. The zero-order valence-electron chi connectivity index (χ0n) is 12.2. The molecule has 1 aromatic carbocycles. The van der Waals surface area contributed by atoms with Gasteiger partial charge in [-0.05, 0) is 30.5 Å². The van der Waals surface area contributed by atoms with Crippen molar-refractivity contribution >= 4 is 17.6 Å². The third kappa shape index (κ3) is 2.71. The normalized spacial score (nSPS) is 19.2. The number of aliphatic carboxylic acids is 1. The van der Waals surface area contributed by atoms with Crippen LogP contribution >= 0.6 is 0 Å². The van der Waals surface area contributed by atoms with Crippen molar-refractivity contribution in [3.05, 3.63) is 23.8 Å². The number of carboxylic acids is 1. The van der Waals surface area contributed by atoms with Crippen LogP contribution in [-0.2, 0) is 16.2 Å². The summed E-state index contributed by atoms with van der Waals surface area (Å²) in [5.74, 6) is -1.08. The van der Waals surface area contributed by atoms with E-state index in [-0.39, 0.29) is 18.4 Å². The molecule has 114 valence electrons. The fourth-order valence-corrected chi connectivity index (χ4v) is 2.32. The first kappa shape index (κ1) is 15.3. The van der Waals surface area contributed by atoms with Gasteiger partial charge in [0, 0.05) is 0 Å². The highest BCUT2D eigenvalue weighted by molar-refractivity contribution is 6.04. The molecule has 1 aliphatic rings. The molecule has 2 unspecified atom stereocenters. The Hall–Kier alpha value is -2.08. The molecule has 0 spiro atoms. The quantitative estimate of drug-likeness (QED) is 0.876. The maximum atomic E-state index is 12.6. The molecule has 0 radical (unpaired) electrons. The molecule has 0 aliphatic carbocycles. The number of nitrogens with zero attached hydrogens (tertiary/aromatic N) is 1. The second-order valence-corrected chi connectivity index (χ2v) is 5.47. The van der Waals surface area contributed by atoms with Gasteiger partial charge in [0.15, 0.2) is 6.10 Å². The largest absolute Gasteiger partial charge is 0.480 e. The zero-order valence-corrected chi connectivity index (χ0v) is 12.2. The van der Waals surface area contributed by atoms with Crippen LogP contribution in [0.25, 0.3) is 0 Å². The number of rotatable bonds is 4. The molecule has 6 nitrogen and oxygen atoms in total. The molecule has 1 amide bonds. The first-order valence-electron chi connectivity index (χ1n) is 6.83. The highest BCUT2D eigenvalue weighted by Gasteiger charge is 2.40. The van der Waals surface area contributed by atoms with Crippen LogP contribution in [0.2, 0.25) is 0 Å². The van der Waals surface area contributed by atoms with Gasteiger partial charge in [0.2, 0.25) is 0 Å². The summed E-state index contributed by atoms with van der Waals surface area (Å²) in [5.41, 5.74) is 0.981. The summed E-state index contributed by atoms with van der Waals surface area (Å²) in [6.07, 6.45) is -0.709. The van der Waals surface area contributed by atoms with E-state index in [9.17, 15) is 19.8 Å². The number of benzene rings is 1. The van der Waals surface area contributed by atoms with Crippen LogP contribution in [0.3, 0.4) is 0 Å². The van der Waals surface area contributed by atoms with E-state index in [1.54, 1.807) is 18.2 Å². The third-order valence-electron chi connectivity index (χ3n) is 3.55. The summed E-state index contributed by atoms with van der Waals surface area (Å²) in [6.45, 7) is 4.96. The van der Waals surface area contributed by atoms with Crippen molar-refractivity contribution in [3.8, 4) is 5.75 Å². The Kier molecular flexibility index (Phi) is 4.18. The lowest BCUT2D eigenvalue weighted by atomic mass is 10.0. The minimum Gasteiger partial charge on any atom is -0.480 e. The third-order valence-corrected chi connectivity index (χ3v) is 3.55. The summed E-state index contributed by atoms with van der Waals surface area (Å²) in [7, 11) is 0. The molecule has 21 heavy (non-hydrogen) atoms. The number of aliphatic hydroxyl groups excluding tert-OH is 1. The van der Waals surface area contributed by atoms with E-state index in [0.29, 0.717) is 17.0 Å². The first-order valence-corrected chi connectivity index (χ1v) is 6.83. The topological polar surface area (TPSA) is 87.1 Å². The van der Waals surface area contributed by atoms with E-state index in [4.69, 9.17) is 4.74 Å². The highest BCUT2D eigenvalue weighted by atomic mass is 16.5. The Bertz CT molecular complexity index is 569. The number of anilines is 1. The summed E-state index contributed by atoms with van der Waals surface area (Å²) < 4.78 is 5.70. The van der Waals surface area contributed by atoms with Gasteiger partial charge in [0.25, 0.3) is 5.91 Å². The molecule has 1 aliphatic heterocycles. The summed E-state index contributed by atoms with van der Waals surface area (Å²) in [4.78, 5) is 25.1. The fourth-order valence-electron chi connectivity index (χ4n) is 2.32. The number of hydrogen-bond donors (Lipinski definition) is 2. The molecule has 0 saturated heterocycles. The first-order chi connectivity index (χ1) is 9.86. The van der Waals surface area contributed by atoms with Crippen molar-refractivity contribution < 1.29 is 24.5 Å². The second kappa shape index (κ2) is 5.73. The lowest BCUT2D eigenvalue weighted by Gasteiger charge is -2.38. The van der Waals surface area contributed by atoms with Gasteiger partial charge in [-0.3, -0.25) is 9.69 Å². The number of aliphatic hydroxyl groups is 1. The number of ether oxygens (including phenoxy) is 1. The van der Waals surface area contributed by atoms with E-state index < -0.39 is 18.1 Å². The van der Waals surface area contributed by atoms with Crippen LogP contribution in [0.4, 0.5) is 5.69 Å². The lowest BCUT2D eigenvalue weighted by Crippen LogP contribution is -2.54. The Morgan fingerprint density at radius 2 is 2.05 bits per heavy atom. The molecule has 0 bridgehead atoms. The van der Waals surface area contributed by atoms with Gasteiger partial charge >= 0.3 is 5.97 Å². The van der Waals surface area contributed by atoms with Crippen LogP contribution in [-0.4, -0.2) is 34.2 Å². The standard InChI is InChI=1S/C15H19NO5/c1-8(2)13-14(18)16(9(3)15(19)20)11-6-10(7-17)4-5-12(11)21-13/h4-6,8-9,13,17H,7H2,1-3H3,(H,19,20). The smallest absolute Gasteiger partial charge is 0.326 e. The number of fused-ring (bicyclic) bond motifs is 1. The van der Waals surface area contributed by atoms with E-state index >= 15 is 0 Å². The van der Waals surface area contributed by atoms with E-state index in [0.717, 1.165) is 0 Å². The minimum atomic E-state index is -1.09. The van der Waals surface area contributed by atoms with Crippen LogP contribution < -0.4 is 9.64 Å². The van der Waals surface area contributed by atoms with Crippen molar-refractivity contribution in [1.82, 2.24) is 0 Å². The number of amides is 1. The maximum absolute atomic E-state index is 12.6. The molecular weight excluding hydrogens is 274 g/mol. The predicted octanol–water partition coefficient (Wildman–Crippen LogP) is 1.40. The van der Waals surface area contributed by atoms with Gasteiger partial charge in [-0.15, -0.1) is 0 Å². The summed E-state index contributed by atoms with van der Waals surface area (Å²) >= 11 is 0. The molecule has 6 heteroatoms. The Balaban J connectivity index is 2.54. The van der Waals surface area contributed by atoms with Gasteiger partial charge in [-0.25, -0.2) is 4.79 Å². The average Bonchev–Trinajstić information content (AvgIpc) is 2.44. The van der Waals surface area contributed by atoms with Gasteiger partial charge in [-0.2, -0.15) is 0 Å². The molecule has 2 N–H and O–H groups in total. The number of carboxylic acid groups (broad SMARTS) is 1. The summed E-state index contributed by atoms with van der Waals surface area (Å²) in [6, 6.07) is 3.93. The van der Waals surface area contributed by atoms with E-state index in [2.05, 4.69) is 0 Å². The second-order valence-electron chi connectivity index (χ2n) is 5.47. The Labute approximate surface area is 122 Å². The van der Waals surface area contributed by atoms with Crippen LogP contribution in [0, 0.1) is 5.92 Å². The van der Waals surface area contributed by atoms with Gasteiger partial charge in [-0.1, -0.05) is 19.9 Å². The van der Waals surface area contributed by atoms with Gasteiger partial charge < -0.3 is 14.9 Å². The number of carbonyl (C=O) groups excluding carboxylic acids is 1. The molecule has 2 rings (SSSR count). The van der Waals surface area contributed by atoms with Crippen LogP contribution in [0.5, 0.6) is 5.75 Å². The van der Waals surface area contributed by atoms with Gasteiger partial charge in [0.05, 0.1) is 12.3 Å². The average molecular weight is 293 g/mol.